The van der Waals surface area contributed by atoms with Crippen molar-refractivity contribution in [2.24, 2.45) is 5.92 Å². The summed E-state index contributed by atoms with van der Waals surface area (Å²) < 4.78 is 13.9. The Morgan fingerprint density at radius 2 is 2.10 bits per heavy atom. The normalized spacial score (nSPS) is 19.2. The fraction of sp³-hybridized carbons (Fsp3) is 0.625. The molecule has 0 radical (unpaired) electrons. The molecular weight excluding hydrogens is 319 g/mol. The van der Waals surface area contributed by atoms with E-state index in [1.54, 1.807) is 0 Å². The Morgan fingerprint density at radius 1 is 1.40 bits per heavy atom. The van der Waals surface area contributed by atoms with Crippen molar-refractivity contribution >= 4 is 15.9 Å². The Morgan fingerprint density at radius 3 is 2.75 bits per heavy atom. The topological polar surface area (TPSA) is 15.3 Å². The molecule has 1 fully saturated rings. The number of benzene rings is 1. The summed E-state index contributed by atoms with van der Waals surface area (Å²) in [5.74, 6) is 0.654. The number of piperidine rings is 1. The Kier molecular flexibility index (Phi) is 6.00. The molecule has 2 rings (SSSR count). The van der Waals surface area contributed by atoms with E-state index in [4.69, 9.17) is 0 Å². The van der Waals surface area contributed by atoms with Gasteiger partial charge in [0.2, 0.25) is 0 Å². The molecule has 2 nitrogen and oxygen atoms in total. The van der Waals surface area contributed by atoms with Crippen LogP contribution >= 0.6 is 15.9 Å². The Hall–Kier alpha value is -0.450. The number of nitrogens with zero attached hydrogens (tertiary/aromatic N) is 1. The molecule has 0 spiro atoms. The molecule has 4 heteroatoms. The van der Waals surface area contributed by atoms with E-state index in [2.05, 4.69) is 40.1 Å². The van der Waals surface area contributed by atoms with Crippen LogP contribution in [-0.4, -0.2) is 31.6 Å². The maximum Gasteiger partial charge on any atom is 0.124 e. The van der Waals surface area contributed by atoms with Gasteiger partial charge in [0, 0.05) is 10.5 Å². The standard InChI is InChI=1S/C16H24BrFN2/c1-12(15-4-3-14(18)11-16(15)17)19-8-5-13-6-9-20(2)10-7-13/h3-4,11-13,19H,5-10H2,1-2H3. The van der Waals surface area contributed by atoms with E-state index in [-0.39, 0.29) is 11.9 Å². The number of likely N-dealkylation sites (tertiary alicyclic amines) is 1. The van der Waals surface area contributed by atoms with Crippen LogP contribution in [0.25, 0.3) is 0 Å². The number of nitrogens with one attached hydrogen (secondary N) is 1. The molecule has 0 bridgehead atoms. The van der Waals surface area contributed by atoms with Crippen LogP contribution in [0.15, 0.2) is 22.7 Å². The minimum absolute atomic E-state index is 0.195. The van der Waals surface area contributed by atoms with Gasteiger partial charge >= 0.3 is 0 Å². The summed E-state index contributed by atoms with van der Waals surface area (Å²) in [6.07, 6.45) is 3.86. The van der Waals surface area contributed by atoms with E-state index >= 15 is 0 Å². The average molecular weight is 343 g/mol. The van der Waals surface area contributed by atoms with Crippen LogP contribution in [0, 0.1) is 11.7 Å². The maximum atomic E-state index is 13.1. The molecule has 1 unspecified atom stereocenters. The molecule has 1 aliphatic rings. The monoisotopic (exact) mass is 342 g/mol. The average Bonchev–Trinajstić information content (AvgIpc) is 2.41. The van der Waals surface area contributed by atoms with Crippen molar-refractivity contribution in [2.75, 3.05) is 26.7 Å². The number of hydrogen-bond donors (Lipinski definition) is 1. The van der Waals surface area contributed by atoms with Crippen LogP contribution in [0.4, 0.5) is 4.39 Å². The summed E-state index contributed by atoms with van der Waals surface area (Å²) in [6.45, 7) is 5.61. The van der Waals surface area contributed by atoms with Crippen LogP contribution in [0.5, 0.6) is 0 Å². The lowest BCUT2D eigenvalue weighted by Crippen LogP contribution is -2.32. The maximum absolute atomic E-state index is 13.1. The molecule has 1 saturated heterocycles. The van der Waals surface area contributed by atoms with Crippen molar-refractivity contribution < 1.29 is 4.39 Å². The second-order valence-corrected chi connectivity index (χ2v) is 6.73. The van der Waals surface area contributed by atoms with Gasteiger partial charge in [-0.05, 0) is 76.5 Å². The SMILES string of the molecule is CC(NCCC1CCN(C)CC1)c1ccc(F)cc1Br. The van der Waals surface area contributed by atoms with Crippen molar-refractivity contribution in [3.05, 3.63) is 34.1 Å². The van der Waals surface area contributed by atoms with Crippen molar-refractivity contribution in [2.45, 2.75) is 32.2 Å². The largest absolute Gasteiger partial charge is 0.310 e. The fourth-order valence-corrected chi connectivity index (χ4v) is 3.51. The van der Waals surface area contributed by atoms with E-state index < -0.39 is 0 Å². The fourth-order valence-electron chi connectivity index (χ4n) is 2.82. The van der Waals surface area contributed by atoms with Gasteiger partial charge in [0.05, 0.1) is 0 Å². The molecule has 0 aliphatic carbocycles. The van der Waals surface area contributed by atoms with Crippen LogP contribution in [0.3, 0.4) is 0 Å². The molecule has 1 aliphatic heterocycles. The van der Waals surface area contributed by atoms with E-state index in [0.717, 1.165) is 22.5 Å². The lowest BCUT2D eigenvalue weighted by Gasteiger charge is -2.29. The second-order valence-electron chi connectivity index (χ2n) is 5.88. The van der Waals surface area contributed by atoms with E-state index in [9.17, 15) is 4.39 Å². The minimum Gasteiger partial charge on any atom is -0.310 e. The lowest BCUT2D eigenvalue weighted by atomic mass is 9.93. The third-order valence-corrected chi connectivity index (χ3v) is 4.96. The highest BCUT2D eigenvalue weighted by atomic mass is 79.9. The Bertz CT molecular complexity index is 430. The first-order valence-electron chi connectivity index (χ1n) is 7.43. The van der Waals surface area contributed by atoms with Crippen LogP contribution in [-0.2, 0) is 0 Å². The van der Waals surface area contributed by atoms with Gasteiger partial charge in [-0.2, -0.15) is 0 Å². The molecule has 1 atom stereocenters. The second kappa shape index (κ2) is 7.53. The highest BCUT2D eigenvalue weighted by Crippen LogP contribution is 2.25. The number of rotatable bonds is 5. The molecule has 1 N–H and O–H groups in total. The Labute approximate surface area is 129 Å². The molecule has 0 aromatic heterocycles. The molecule has 1 heterocycles. The van der Waals surface area contributed by atoms with Gasteiger partial charge in [-0.3, -0.25) is 0 Å². The van der Waals surface area contributed by atoms with Gasteiger partial charge in [-0.25, -0.2) is 4.39 Å². The van der Waals surface area contributed by atoms with Crippen LogP contribution in [0.1, 0.15) is 37.8 Å². The third kappa shape index (κ3) is 4.54. The van der Waals surface area contributed by atoms with Gasteiger partial charge in [0.1, 0.15) is 5.82 Å². The van der Waals surface area contributed by atoms with Crippen LogP contribution < -0.4 is 5.32 Å². The lowest BCUT2D eigenvalue weighted by molar-refractivity contribution is 0.211. The van der Waals surface area contributed by atoms with E-state index in [0.29, 0.717) is 0 Å². The highest BCUT2D eigenvalue weighted by molar-refractivity contribution is 9.10. The molecular formula is C16H24BrFN2. The zero-order chi connectivity index (χ0) is 14.5. The summed E-state index contributed by atoms with van der Waals surface area (Å²) in [6, 6.07) is 5.16. The smallest absolute Gasteiger partial charge is 0.124 e. The molecule has 0 saturated carbocycles. The predicted octanol–water partition coefficient (Wildman–Crippen LogP) is 3.97. The van der Waals surface area contributed by atoms with E-state index in [1.807, 2.05) is 6.07 Å². The van der Waals surface area contributed by atoms with Crippen molar-refractivity contribution in [1.82, 2.24) is 10.2 Å². The Balaban J connectivity index is 1.76. The van der Waals surface area contributed by atoms with Crippen molar-refractivity contribution in [3.8, 4) is 0 Å². The van der Waals surface area contributed by atoms with Gasteiger partial charge in [0.25, 0.3) is 0 Å². The quantitative estimate of drug-likeness (QED) is 0.870. The molecule has 0 amide bonds. The zero-order valence-electron chi connectivity index (χ0n) is 12.3. The molecule has 112 valence electrons. The molecule has 1 aromatic carbocycles. The van der Waals surface area contributed by atoms with Gasteiger partial charge in [0.15, 0.2) is 0 Å². The number of halogens is 2. The molecule has 1 aromatic rings. The van der Waals surface area contributed by atoms with Gasteiger partial charge in [-0.15, -0.1) is 0 Å². The first-order chi connectivity index (χ1) is 9.56. The third-order valence-electron chi connectivity index (χ3n) is 4.27. The van der Waals surface area contributed by atoms with Crippen molar-refractivity contribution in [1.29, 1.82) is 0 Å². The summed E-state index contributed by atoms with van der Waals surface area (Å²) in [7, 11) is 2.20. The first kappa shape index (κ1) is 15.9. The van der Waals surface area contributed by atoms with Crippen molar-refractivity contribution in [3.63, 3.8) is 0 Å². The van der Waals surface area contributed by atoms with Gasteiger partial charge < -0.3 is 10.2 Å². The summed E-state index contributed by atoms with van der Waals surface area (Å²) in [5, 5.41) is 3.55. The van der Waals surface area contributed by atoms with Crippen LogP contribution in [0.2, 0.25) is 0 Å². The zero-order valence-corrected chi connectivity index (χ0v) is 13.9. The highest BCUT2D eigenvalue weighted by Gasteiger charge is 2.17. The number of hydrogen-bond acceptors (Lipinski definition) is 2. The summed E-state index contributed by atoms with van der Waals surface area (Å²) >= 11 is 3.44. The molecule has 20 heavy (non-hydrogen) atoms. The first-order valence-corrected chi connectivity index (χ1v) is 8.22. The summed E-state index contributed by atoms with van der Waals surface area (Å²) in [4.78, 5) is 2.40. The van der Waals surface area contributed by atoms with E-state index in [1.165, 1.54) is 44.5 Å². The predicted molar refractivity (Wildman–Crippen MR) is 85.4 cm³/mol. The van der Waals surface area contributed by atoms with Gasteiger partial charge in [-0.1, -0.05) is 22.0 Å². The summed E-state index contributed by atoms with van der Waals surface area (Å²) in [5.41, 5.74) is 1.12. The minimum atomic E-state index is -0.195.